The molecule has 0 aliphatic heterocycles. The van der Waals surface area contributed by atoms with Crippen LogP contribution in [-0.2, 0) is 0 Å². The highest BCUT2D eigenvalue weighted by Crippen LogP contribution is 2.31. The van der Waals surface area contributed by atoms with Gasteiger partial charge >= 0.3 is 0 Å². The maximum absolute atomic E-state index is 9.23. The van der Waals surface area contributed by atoms with Crippen LogP contribution >= 0.6 is 23.2 Å². The number of aryl methyl sites for hydroxylation is 1. The molecule has 0 amide bonds. The normalized spacial score (nSPS) is 10.2. The van der Waals surface area contributed by atoms with Gasteiger partial charge in [0, 0.05) is 5.56 Å². The molecule has 2 nitrogen and oxygen atoms in total. The minimum Gasteiger partial charge on any atom is -0.504 e. The lowest BCUT2D eigenvalue weighted by atomic mass is 10.2. The van der Waals surface area contributed by atoms with E-state index in [4.69, 9.17) is 23.2 Å². The van der Waals surface area contributed by atoms with Crippen LogP contribution < -0.4 is 0 Å². The van der Waals surface area contributed by atoms with E-state index in [9.17, 15) is 5.11 Å². The van der Waals surface area contributed by atoms with Gasteiger partial charge in [-0.15, -0.1) is 0 Å². The lowest BCUT2D eigenvalue weighted by molar-refractivity contribution is 0.468. The number of pyridine rings is 1. The second kappa shape index (κ2) is 2.88. The van der Waals surface area contributed by atoms with Crippen molar-refractivity contribution < 1.29 is 5.11 Å². The molecule has 0 aliphatic carbocycles. The largest absolute Gasteiger partial charge is 0.504 e. The van der Waals surface area contributed by atoms with Crippen molar-refractivity contribution in [3.05, 3.63) is 21.4 Å². The minimum atomic E-state index is -0.0396. The van der Waals surface area contributed by atoms with Crippen LogP contribution in [-0.4, -0.2) is 10.1 Å². The van der Waals surface area contributed by atoms with Crippen LogP contribution in [0.3, 0.4) is 0 Å². The number of aromatic nitrogens is 1. The topological polar surface area (TPSA) is 33.1 Å². The summed E-state index contributed by atoms with van der Waals surface area (Å²) in [5.41, 5.74) is 1.20. The van der Waals surface area contributed by atoms with Crippen molar-refractivity contribution in [2.24, 2.45) is 0 Å². The summed E-state index contributed by atoms with van der Waals surface area (Å²) in [6.07, 6.45) is 0. The van der Waals surface area contributed by atoms with E-state index >= 15 is 0 Å². The van der Waals surface area contributed by atoms with E-state index < -0.39 is 0 Å². The second-order valence-corrected chi connectivity index (χ2v) is 3.01. The van der Waals surface area contributed by atoms with Crippen LogP contribution in [0, 0.1) is 13.8 Å². The average molecular weight is 192 g/mol. The number of aromatic hydroxyl groups is 1. The molecule has 0 bridgehead atoms. The number of nitrogens with zero attached hydrogens (tertiary/aromatic N) is 1. The Balaban J connectivity index is 3.46. The summed E-state index contributed by atoms with van der Waals surface area (Å²) >= 11 is 11.3. The van der Waals surface area contributed by atoms with Gasteiger partial charge in [0.05, 0.1) is 10.7 Å². The van der Waals surface area contributed by atoms with E-state index in [-0.39, 0.29) is 10.9 Å². The van der Waals surface area contributed by atoms with Gasteiger partial charge in [0.1, 0.15) is 0 Å². The first-order chi connectivity index (χ1) is 5.04. The number of rotatable bonds is 0. The molecule has 0 aliphatic rings. The Morgan fingerprint density at radius 2 is 1.82 bits per heavy atom. The predicted octanol–water partition coefficient (Wildman–Crippen LogP) is 2.71. The van der Waals surface area contributed by atoms with Crippen LogP contribution in [0.2, 0.25) is 10.2 Å². The maximum atomic E-state index is 9.23. The fourth-order valence-electron chi connectivity index (χ4n) is 0.779. The minimum absolute atomic E-state index is 0.0396. The SMILES string of the molecule is Cc1nc(Cl)c(O)c(C)c1Cl. The molecule has 11 heavy (non-hydrogen) atoms. The molecule has 0 unspecified atom stereocenters. The Morgan fingerprint density at radius 1 is 1.27 bits per heavy atom. The maximum Gasteiger partial charge on any atom is 0.171 e. The van der Waals surface area contributed by atoms with Crippen LogP contribution in [0.1, 0.15) is 11.3 Å². The molecule has 0 saturated carbocycles. The third-order valence-electron chi connectivity index (χ3n) is 1.46. The highest BCUT2D eigenvalue weighted by molar-refractivity contribution is 6.34. The highest BCUT2D eigenvalue weighted by atomic mass is 35.5. The van der Waals surface area contributed by atoms with E-state index in [0.29, 0.717) is 16.3 Å². The van der Waals surface area contributed by atoms with E-state index in [0.717, 1.165) is 0 Å². The van der Waals surface area contributed by atoms with E-state index in [2.05, 4.69) is 4.98 Å². The van der Waals surface area contributed by atoms with Crippen LogP contribution in [0.4, 0.5) is 0 Å². The molecule has 0 fully saturated rings. The molecule has 1 N–H and O–H groups in total. The molecule has 1 aromatic heterocycles. The van der Waals surface area contributed by atoms with Gasteiger partial charge in [-0.3, -0.25) is 0 Å². The fraction of sp³-hybridized carbons (Fsp3) is 0.286. The zero-order valence-corrected chi connectivity index (χ0v) is 7.66. The summed E-state index contributed by atoms with van der Waals surface area (Å²) in [6.45, 7) is 3.43. The Labute approximate surface area is 74.8 Å². The smallest absolute Gasteiger partial charge is 0.171 e. The summed E-state index contributed by atoms with van der Waals surface area (Å²) < 4.78 is 0. The van der Waals surface area contributed by atoms with Crippen molar-refractivity contribution in [1.82, 2.24) is 4.98 Å². The first-order valence-corrected chi connectivity index (χ1v) is 3.80. The van der Waals surface area contributed by atoms with Crippen LogP contribution in [0.5, 0.6) is 5.75 Å². The second-order valence-electron chi connectivity index (χ2n) is 2.28. The molecule has 0 spiro atoms. The van der Waals surface area contributed by atoms with Gasteiger partial charge in [0.25, 0.3) is 0 Å². The fourth-order valence-corrected chi connectivity index (χ4v) is 1.18. The summed E-state index contributed by atoms with van der Waals surface area (Å²) in [5, 5.41) is 9.80. The number of halogens is 2. The van der Waals surface area contributed by atoms with Gasteiger partial charge in [0.15, 0.2) is 10.9 Å². The van der Waals surface area contributed by atoms with Crippen molar-refractivity contribution in [3.63, 3.8) is 0 Å². The number of hydrogen-bond acceptors (Lipinski definition) is 2. The molecule has 4 heteroatoms. The Morgan fingerprint density at radius 3 is 2.36 bits per heavy atom. The van der Waals surface area contributed by atoms with Crippen molar-refractivity contribution in [2.75, 3.05) is 0 Å². The van der Waals surface area contributed by atoms with E-state index in [1.165, 1.54) is 0 Å². The molecule has 60 valence electrons. The summed E-state index contributed by atoms with van der Waals surface area (Å²) in [5.74, 6) is -0.0396. The molecule has 1 aromatic rings. The quantitative estimate of drug-likeness (QED) is 0.641. The standard InChI is InChI=1S/C7H7Cl2NO/c1-3-5(8)4(2)10-7(9)6(3)11/h11H,1-2H3. The Hall–Kier alpha value is -0.470. The summed E-state index contributed by atoms with van der Waals surface area (Å²) in [7, 11) is 0. The van der Waals surface area contributed by atoms with Gasteiger partial charge in [-0.05, 0) is 13.8 Å². The van der Waals surface area contributed by atoms with E-state index in [1.807, 2.05) is 0 Å². The van der Waals surface area contributed by atoms with Crippen LogP contribution in [0.15, 0.2) is 0 Å². The molecule has 1 rings (SSSR count). The van der Waals surface area contributed by atoms with Gasteiger partial charge in [-0.25, -0.2) is 4.98 Å². The van der Waals surface area contributed by atoms with Crippen molar-refractivity contribution in [3.8, 4) is 5.75 Å². The lowest BCUT2D eigenvalue weighted by Crippen LogP contribution is -1.88. The molecule has 1 heterocycles. The summed E-state index contributed by atoms with van der Waals surface area (Å²) in [4.78, 5) is 3.82. The van der Waals surface area contributed by atoms with Crippen molar-refractivity contribution in [2.45, 2.75) is 13.8 Å². The van der Waals surface area contributed by atoms with Crippen LogP contribution in [0.25, 0.3) is 0 Å². The molecule has 0 atom stereocenters. The predicted molar refractivity (Wildman–Crippen MR) is 45.4 cm³/mol. The zero-order chi connectivity index (χ0) is 8.59. The molecule has 0 radical (unpaired) electrons. The highest BCUT2D eigenvalue weighted by Gasteiger charge is 2.09. The van der Waals surface area contributed by atoms with E-state index in [1.54, 1.807) is 13.8 Å². The first kappa shape index (κ1) is 8.62. The molecule has 0 saturated heterocycles. The number of hydrogen-bond donors (Lipinski definition) is 1. The third kappa shape index (κ3) is 1.42. The zero-order valence-electron chi connectivity index (χ0n) is 6.15. The van der Waals surface area contributed by atoms with Gasteiger partial charge in [-0.1, -0.05) is 23.2 Å². The Kier molecular flexibility index (Phi) is 2.25. The third-order valence-corrected chi connectivity index (χ3v) is 2.28. The van der Waals surface area contributed by atoms with Crippen molar-refractivity contribution >= 4 is 23.2 Å². The molecular weight excluding hydrogens is 185 g/mol. The van der Waals surface area contributed by atoms with Gasteiger partial charge in [0.2, 0.25) is 0 Å². The first-order valence-electron chi connectivity index (χ1n) is 3.05. The van der Waals surface area contributed by atoms with Gasteiger partial charge < -0.3 is 5.11 Å². The van der Waals surface area contributed by atoms with Crippen molar-refractivity contribution in [1.29, 1.82) is 0 Å². The molecule has 0 aromatic carbocycles. The Bertz CT molecular complexity index is 273. The monoisotopic (exact) mass is 191 g/mol. The lowest BCUT2D eigenvalue weighted by Gasteiger charge is -2.04. The summed E-state index contributed by atoms with van der Waals surface area (Å²) in [6, 6.07) is 0. The molecular formula is C7H7Cl2NO. The van der Waals surface area contributed by atoms with Gasteiger partial charge in [-0.2, -0.15) is 0 Å². The average Bonchev–Trinajstić information content (AvgIpc) is 1.97.